The van der Waals surface area contributed by atoms with Crippen molar-refractivity contribution in [2.24, 2.45) is 0 Å². The second kappa shape index (κ2) is 30.5. The van der Waals surface area contributed by atoms with Gasteiger partial charge in [0.1, 0.15) is 6.61 Å². The summed E-state index contributed by atoms with van der Waals surface area (Å²) in [5, 5.41) is 0.185. The molecule has 1 atom stereocenters. The van der Waals surface area contributed by atoms with E-state index in [1.54, 1.807) is 6.92 Å². The fourth-order valence-electron chi connectivity index (χ4n) is 3.67. The summed E-state index contributed by atoms with van der Waals surface area (Å²) in [5.74, 6) is -0.0884. The van der Waals surface area contributed by atoms with Crippen LogP contribution in [0.3, 0.4) is 0 Å². The van der Waals surface area contributed by atoms with E-state index >= 15 is 0 Å². The molecule has 0 spiro atoms. The quantitative estimate of drug-likeness (QED) is 0.0558. The van der Waals surface area contributed by atoms with Crippen LogP contribution in [-0.2, 0) is 32.9 Å². The number of phosphoric acid groups is 1. The molecule has 0 fully saturated rings. The Morgan fingerprint density at radius 2 is 1.18 bits per heavy atom. The largest absolute Gasteiger partial charge is 1.00 e. The predicted molar refractivity (Wildman–Crippen MR) is 142 cm³/mol. The minimum absolute atomic E-state index is 0. The third-order valence-electron chi connectivity index (χ3n) is 5.71. The number of hydrogen-bond donors (Lipinski definition) is 0. The molecule has 0 aliphatic carbocycles. The number of ether oxygens (including phenoxy) is 2. The monoisotopic (exact) mass is 612 g/mol. The van der Waals surface area contributed by atoms with E-state index in [4.69, 9.17) is 9.47 Å². The van der Waals surface area contributed by atoms with Crippen molar-refractivity contribution < 1.29 is 102 Å². The van der Waals surface area contributed by atoms with Crippen LogP contribution < -0.4 is 68.9 Å². The second-order valence-corrected chi connectivity index (χ2v) is 11.8. The van der Waals surface area contributed by atoms with E-state index in [1.165, 1.54) is 43.9 Å². The van der Waals surface area contributed by atoms with Crippen molar-refractivity contribution in [3.8, 4) is 0 Å². The molecule has 0 aromatic carbocycles. The number of thioether (sulfide) groups is 1. The zero-order valence-electron chi connectivity index (χ0n) is 24.7. The van der Waals surface area contributed by atoms with Crippen molar-refractivity contribution in [1.82, 2.24) is 0 Å². The smallest absolute Gasteiger partial charge is 0.790 e. The molecule has 0 saturated heterocycles. The first-order chi connectivity index (χ1) is 17.6. The molecule has 0 N–H and O–H groups in total. The Balaban J connectivity index is -0.00000648. The first-order valence-corrected chi connectivity index (χ1v) is 16.2. The molecule has 0 unspecified atom stereocenters. The maximum atomic E-state index is 12.0. The predicted octanol–water partition coefficient (Wildman–Crippen LogP) is -0.774. The van der Waals surface area contributed by atoms with Crippen LogP contribution in [0.4, 0.5) is 0 Å². The molecule has 0 aromatic rings. The topological polar surface area (TPSA) is 142 Å². The molecule has 0 aromatic heterocycles. The van der Waals surface area contributed by atoms with Gasteiger partial charge in [-0.25, -0.2) is 0 Å². The van der Waals surface area contributed by atoms with Crippen molar-refractivity contribution in [3.05, 3.63) is 0 Å². The molecule has 13 heteroatoms. The maximum absolute atomic E-state index is 12.0. The molecule has 9 nitrogen and oxygen atoms in total. The van der Waals surface area contributed by atoms with Crippen LogP contribution in [-0.4, -0.2) is 42.1 Å². The van der Waals surface area contributed by atoms with Crippen molar-refractivity contribution in [3.63, 3.8) is 0 Å². The fraction of sp³-hybridized carbons (Fsp3) is 0.885. The van der Waals surface area contributed by atoms with Gasteiger partial charge in [-0.3, -0.25) is 14.4 Å². The Morgan fingerprint density at radius 1 is 0.718 bits per heavy atom. The van der Waals surface area contributed by atoms with Crippen LogP contribution in [0.25, 0.3) is 0 Å². The van der Waals surface area contributed by atoms with Gasteiger partial charge in [-0.1, -0.05) is 95.7 Å². The van der Waals surface area contributed by atoms with Crippen LogP contribution in [0, 0.1) is 0 Å². The zero-order chi connectivity index (χ0) is 27.8. The standard InChI is InChI=1S/C26H49O9PS.2Na/c1-3-4-5-12-16-19-26(29)35-24(22-34-36(30,31)32)21-33-25(28)18-15-13-10-8-6-7-9-11-14-17-20-37-23(2)27;;/h24H,3-22H2,1-2H3,(H2,30,31,32);;/q;2*+1/p-2/t24-;;/m0../s1. The Kier molecular flexibility index (Phi) is 34.8. The number of carbonyl (C=O) groups is 3. The van der Waals surface area contributed by atoms with Crippen molar-refractivity contribution >= 4 is 36.6 Å². The average Bonchev–Trinajstić information content (AvgIpc) is 2.82. The van der Waals surface area contributed by atoms with Gasteiger partial charge in [0.05, 0.1) is 14.4 Å². The Bertz CT molecular complexity index is 665. The van der Waals surface area contributed by atoms with E-state index < -0.39 is 32.5 Å². The molecule has 0 aliphatic heterocycles. The van der Waals surface area contributed by atoms with Crippen molar-refractivity contribution in [2.75, 3.05) is 19.0 Å². The molecule has 0 heterocycles. The summed E-state index contributed by atoms with van der Waals surface area (Å²) < 4.78 is 25.3. The summed E-state index contributed by atoms with van der Waals surface area (Å²) in [5.41, 5.74) is 0. The molecule has 0 aliphatic rings. The normalized spacial score (nSPS) is 11.7. The van der Waals surface area contributed by atoms with Gasteiger partial charge in [-0.15, -0.1) is 0 Å². The molecular weight excluding hydrogens is 565 g/mol. The SMILES string of the molecule is CCCCCCCC(=O)O[C@@H](COC(=O)CCCCCCCCCCCCSC(C)=O)COP(=O)([O-])[O-].[Na+].[Na+]. The summed E-state index contributed by atoms with van der Waals surface area (Å²) >= 11 is 1.40. The molecule has 39 heavy (non-hydrogen) atoms. The zero-order valence-corrected chi connectivity index (χ0v) is 30.5. The summed E-state index contributed by atoms with van der Waals surface area (Å²) in [4.78, 5) is 56.5. The van der Waals surface area contributed by atoms with Crippen molar-refractivity contribution in [2.45, 2.75) is 129 Å². The molecule has 0 rings (SSSR count). The fourth-order valence-corrected chi connectivity index (χ4v) is 4.65. The molecule has 0 amide bonds. The summed E-state index contributed by atoms with van der Waals surface area (Å²) in [6.45, 7) is 2.67. The van der Waals surface area contributed by atoms with Gasteiger partial charge in [0.2, 0.25) is 0 Å². The van der Waals surface area contributed by atoms with E-state index in [0.717, 1.165) is 57.1 Å². The molecular formula is C26H47Na2O9PS. The van der Waals surface area contributed by atoms with Crippen molar-refractivity contribution in [1.29, 1.82) is 0 Å². The Hall–Kier alpha value is 1.07. The molecule has 0 radical (unpaired) electrons. The van der Waals surface area contributed by atoms with Crippen LogP contribution in [0.2, 0.25) is 0 Å². The third-order valence-corrected chi connectivity index (χ3v) is 7.08. The second-order valence-electron chi connectivity index (χ2n) is 9.33. The Labute approximate surface area is 284 Å². The number of carbonyl (C=O) groups excluding carboxylic acids is 3. The first-order valence-electron chi connectivity index (χ1n) is 13.8. The average molecular weight is 613 g/mol. The molecule has 0 saturated carbocycles. The van der Waals surface area contributed by atoms with E-state index in [-0.39, 0.29) is 83.7 Å². The van der Waals surface area contributed by atoms with Crippen LogP contribution in [0.1, 0.15) is 123 Å². The Morgan fingerprint density at radius 3 is 1.67 bits per heavy atom. The van der Waals surface area contributed by atoms with Gasteiger partial charge in [0.25, 0.3) is 0 Å². The number of unbranched alkanes of at least 4 members (excludes halogenated alkanes) is 13. The van der Waals surface area contributed by atoms with E-state index in [9.17, 15) is 28.7 Å². The minimum Gasteiger partial charge on any atom is -0.790 e. The maximum Gasteiger partial charge on any atom is 1.00 e. The van der Waals surface area contributed by atoms with Crippen LogP contribution >= 0.6 is 19.6 Å². The number of hydrogen-bond acceptors (Lipinski definition) is 10. The van der Waals surface area contributed by atoms with Gasteiger partial charge in [-0.05, 0) is 19.3 Å². The number of phosphoric ester groups is 1. The summed E-state index contributed by atoms with van der Waals surface area (Å²) in [7, 11) is -5.23. The third kappa shape index (κ3) is 35.2. The van der Waals surface area contributed by atoms with E-state index in [1.807, 2.05) is 0 Å². The van der Waals surface area contributed by atoms with E-state index in [0.29, 0.717) is 12.8 Å². The van der Waals surface area contributed by atoms with Crippen LogP contribution in [0.5, 0.6) is 0 Å². The van der Waals surface area contributed by atoms with E-state index in [2.05, 4.69) is 11.4 Å². The van der Waals surface area contributed by atoms with Gasteiger partial charge < -0.3 is 28.3 Å². The number of esters is 2. The number of rotatable bonds is 25. The van der Waals surface area contributed by atoms with Gasteiger partial charge in [0, 0.05) is 25.5 Å². The van der Waals surface area contributed by atoms with Gasteiger partial charge >= 0.3 is 71.1 Å². The first kappa shape index (κ1) is 44.5. The van der Waals surface area contributed by atoms with Crippen LogP contribution in [0.15, 0.2) is 0 Å². The minimum atomic E-state index is -5.23. The summed E-state index contributed by atoms with van der Waals surface area (Å²) in [6.07, 6.45) is 14.8. The molecule has 0 bridgehead atoms. The summed E-state index contributed by atoms with van der Waals surface area (Å²) in [6, 6.07) is 0. The van der Waals surface area contributed by atoms with Gasteiger partial charge in [0.15, 0.2) is 11.2 Å². The van der Waals surface area contributed by atoms with Gasteiger partial charge in [-0.2, -0.15) is 0 Å². The molecule has 218 valence electrons.